The Bertz CT molecular complexity index is 1280. The number of hydrogen-bond acceptors (Lipinski definition) is 7. The number of aliphatic hydroxyl groups is 1. The summed E-state index contributed by atoms with van der Waals surface area (Å²) in [7, 11) is 0. The second kappa shape index (κ2) is 14.6. The summed E-state index contributed by atoms with van der Waals surface area (Å²) in [6.07, 6.45) is 0.217. The lowest BCUT2D eigenvalue weighted by Gasteiger charge is -2.44. The minimum absolute atomic E-state index is 0.00743. The molecule has 3 aromatic carbocycles. The molecule has 0 aliphatic carbocycles. The number of anilines is 1. The molecule has 0 unspecified atom stereocenters. The summed E-state index contributed by atoms with van der Waals surface area (Å²) in [6.45, 7) is 11.7. The number of benzene rings is 3. The van der Waals surface area contributed by atoms with Crippen molar-refractivity contribution in [3.05, 3.63) is 114 Å². The van der Waals surface area contributed by atoms with E-state index in [-0.39, 0.29) is 31.3 Å². The molecule has 3 aromatic rings. The molecule has 0 radical (unpaired) electrons. The second-order valence-corrected chi connectivity index (χ2v) is 11.0. The van der Waals surface area contributed by atoms with Gasteiger partial charge in [0.1, 0.15) is 6.61 Å². The van der Waals surface area contributed by atoms with Crippen molar-refractivity contribution in [1.82, 2.24) is 9.80 Å². The number of amides is 1. The summed E-state index contributed by atoms with van der Waals surface area (Å²) in [5, 5.41) is 12.2. The number of aliphatic hydroxyl groups excluding tert-OH is 1. The fourth-order valence-corrected chi connectivity index (χ4v) is 5.57. The van der Waals surface area contributed by atoms with Gasteiger partial charge in [-0.1, -0.05) is 86.3 Å². The molecule has 8 heteroatoms. The maximum Gasteiger partial charge on any atom is 0.411 e. The van der Waals surface area contributed by atoms with E-state index in [1.165, 1.54) is 11.6 Å². The number of nitrogens with one attached hydrogen (secondary N) is 1. The first-order valence-electron chi connectivity index (χ1n) is 14.7. The minimum atomic E-state index is -0.560. The summed E-state index contributed by atoms with van der Waals surface area (Å²) in [4.78, 5) is 16.9. The molecule has 2 saturated heterocycles. The van der Waals surface area contributed by atoms with Crippen LogP contribution in [-0.4, -0.2) is 66.4 Å². The minimum Gasteiger partial charge on any atom is -0.445 e. The number of carbonyl (C=O) groups is 1. The Kier molecular flexibility index (Phi) is 10.4. The van der Waals surface area contributed by atoms with Crippen LogP contribution in [0.5, 0.6) is 0 Å². The fourth-order valence-electron chi connectivity index (χ4n) is 5.57. The van der Waals surface area contributed by atoms with Gasteiger partial charge in [-0.05, 0) is 28.8 Å². The van der Waals surface area contributed by atoms with E-state index in [2.05, 4.69) is 59.0 Å². The van der Waals surface area contributed by atoms with Crippen LogP contribution in [0.15, 0.2) is 91.5 Å². The third kappa shape index (κ3) is 7.85. The van der Waals surface area contributed by atoms with E-state index >= 15 is 0 Å². The Morgan fingerprint density at radius 3 is 2.26 bits per heavy atom. The monoisotopic (exact) mass is 571 g/mol. The van der Waals surface area contributed by atoms with E-state index < -0.39 is 12.4 Å². The molecule has 0 aromatic heterocycles. The highest BCUT2D eigenvalue weighted by molar-refractivity contribution is 5.84. The summed E-state index contributed by atoms with van der Waals surface area (Å²) >= 11 is 0. The van der Waals surface area contributed by atoms with Crippen LogP contribution in [0.4, 0.5) is 10.5 Å². The largest absolute Gasteiger partial charge is 0.445 e. The maximum absolute atomic E-state index is 11.9. The van der Waals surface area contributed by atoms with Crippen molar-refractivity contribution in [3.63, 3.8) is 0 Å². The van der Waals surface area contributed by atoms with Gasteiger partial charge < -0.3 is 19.3 Å². The molecule has 8 nitrogen and oxygen atoms in total. The van der Waals surface area contributed by atoms with Gasteiger partial charge in [0.05, 0.1) is 18.8 Å². The van der Waals surface area contributed by atoms with Gasteiger partial charge in [0.2, 0.25) is 0 Å². The van der Waals surface area contributed by atoms with E-state index in [0.29, 0.717) is 5.69 Å². The van der Waals surface area contributed by atoms with Crippen LogP contribution in [0.3, 0.4) is 0 Å². The zero-order chi connectivity index (χ0) is 29.3. The first kappa shape index (κ1) is 29.9. The molecule has 2 aliphatic heterocycles. The standard InChI is InChI=1S/C34H41N3O5/c1-3-21-40-34(39)35-30-15-13-29(14-16-30)33-41-31(25(2)32(42-33)28-11-9-27(24-38)10-12-28)23-37-19-17-36(18-20-37)22-26-7-5-4-6-8-26/h3-16,25,31-33,38H,1,17-24H2,2H3,(H,35,39)/t25-,31+,32+,33+/m1/s1. The van der Waals surface area contributed by atoms with Crippen molar-refractivity contribution in [2.75, 3.05) is 44.6 Å². The molecule has 1 amide bonds. The molecule has 0 saturated carbocycles. The van der Waals surface area contributed by atoms with Crippen LogP contribution in [0.25, 0.3) is 0 Å². The Balaban J connectivity index is 1.27. The Morgan fingerprint density at radius 2 is 1.60 bits per heavy atom. The van der Waals surface area contributed by atoms with Crippen molar-refractivity contribution in [3.8, 4) is 0 Å². The summed E-state index contributed by atoms with van der Waals surface area (Å²) in [5.41, 5.74) is 4.78. The molecule has 222 valence electrons. The number of carbonyl (C=O) groups excluding carboxylic acids is 1. The molecule has 2 fully saturated rings. The van der Waals surface area contributed by atoms with Crippen LogP contribution in [0.2, 0.25) is 0 Å². The topological polar surface area (TPSA) is 83.5 Å². The second-order valence-electron chi connectivity index (χ2n) is 11.0. The van der Waals surface area contributed by atoms with Crippen molar-refractivity contribution in [2.24, 2.45) is 5.92 Å². The van der Waals surface area contributed by atoms with Gasteiger partial charge >= 0.3 is 6.09 Å². The summed E-state index contributed by atoms with van der Waals surface area (Å²) < 4.78 is 18.2. The van der Waals surface area contributed by atoms with Crippen LogP contribution >= 0.6 is 0 Å². The number of ether oxygens (including phenoxy) is 3. The molecular weight excluding hydrogens is 530 g/mol. The molecule has 2 N–H and O–H groups in total. The van der Waals surface area contributed by atoms with Crippen LogP contribution in [-0.2, 0) is 27.4 Å². The Morgan fingerprint density at radius 1 is 0.929 bits per heavy atom. The summed E-state index contributed by atoms with van der Waals surface area (Å²) in [5.74, 6) is 0.115. The highest BCUT2D eigenvalue weighted by Crippen LogP contribution is 2.42. The number of rotatable bonds is 10. The van der Waals surface area contributed by atoms with Crippen molar-refractivity contribution in [1.29, 1.82) is 0 Å². The van der Waals surface area contributed by atoms with E-state index in [0.717, 1.165) is 56.0 Å². The van der Waals surface area contributed by atoms with Gasteiger partial charge in [-0.3, -0.25) is 15.1 Å². The molecule has 0 spiro atoms. The lowest BCUT2D eigenvalue weighted by molar-refractivity contribution is -0.276. The SMILES string of the molecule is C=CCOC(=O)Nc1ccc([C@H]2O[C@@H](CN3CCN(Cc4ccccc4)CC3)[C@@H](C)[C@@H](c3ccc(CO)cc3)O2)cc1. The van der Waals surface area contributed by atoms with Gasteiger partial charge in [-0.2, -0.15) is 0 Å². The highest BCUT2D eigenvalue weighted by Gasteiger charge is 2.39. The smallest absolute Gasteiger partial charge is 0.411 e. The molecule has 4 atom stereocenters. The third-order valence-corrected chi connectivity index (χ3v) is 8.04. The molecule has 2 heterocycles. The quantitative estimate of drug-likeness (QED) is 0.310. The molecule has 42 heavy (non-hydrogen) atoms. The highest BCUT2D eigenvalue weighted by atomic mass is 16.7. The van der Waals surface area contributed by atoms with Crippen molar-refractivity contribution >= 4 is 11.8 Å². The van der Waals surface area contributed by atoms with Gasteiger partial charge in [-0.15, -0.1) is 0 Å². The number of hydrogen-bond donors (Lipinski definition) is 2. The zero-order valence-corrected chi connectivity index (χ0v) is 24.2. The summed E-state index contributed by atoms with van der Waals surface area (Å²) in [6, 6.07) is 26.1. The lowest BCUT2D eigenvalue weighted by atomic mass is 9.90. The van der Waals surface area contributed by atoms with Crippen LogP contribution in [0.1, 0.15) is 41.6 Å². The van der Waals surface area contributed by atoms with Crippen LogP contribution < -0.4 is 5.32 Å². The van der Waals surface area contributed by atoms with E-state index in [9.17, 15) is 9.90 Å². The predicted molar refractivity (Wildman–Crippen MR) is 163 cm³/mol. The maximum atomic E-state index is 11.9. The van der Waals surface area contributed by atoms with Gasteiger partial charge in [0.15, 0.2) is 6.29 Å². The molecular formula is C34H41N3O5. The number of nitrogens with zero attached hydrogens (tertiary/aromatic N) is 2. The fraction of sp³-hybridized carbons (Fsp3) is 0.382. The van der Waals surface area contributed by atoms with E-state index in [4.69, 9.17) is 14.2 Å². The number of piperazine rings is 1. The predicted octanol–water partition coefficient (Wildman–Crippen LogP) is 5.52. The first-order valence-corrected chi connectivity index (χ1v) is 14.7. The van der Waals surface area contributed by atoms with Crippen LogP contribution in [0, 0.1) is 5.92 Å². The zero-order valence-electron chi connectivity index (χ0n) is 24.2. The average molecular weight is 572 g/mol. The van der Waals surface area contributed by atoms with Gasteiger partial charge in [-0.25, -0.2) is 4.79 Å². The van der Waals surface area contributed by atoms with Gasteiger partial charge in [0, 0.05) is 56.4 Å². The van der Waals surface area contributed by atoms with Crippen molar-refractivity contribution < 1.29 is 24.1 Å². The Hall–Kier alpha value is -3.53. The lowest BCUT2D eigenvalue weighted by Crippen LogP contribution is -2.51. The van der Waals surface area contributed by atoms with Gasteiger partial charge in [0.25, 0.3) is 0 Å². The van der Waals surface area contributed by atoms with E-state index in [1.807, 2.05) is 48.5 Å². The third-order valence-electron chi connectivity index (χ3n) is 8.04. The Labute approximate surface area is 248 Å². The van der Waals surface area contributed by atoms with Crippen molar-refractivity contribution in [2.45, 2.75) is 38.6 Å². The normalized spacial score (nSPS) is 23.3. The molecule has 5 rings (SSSR count). The van der Waals surface area contributed by atoms with E-state index in [1.54, 1.807) is 0 Å². The average Bonchev–Trinajstić information content (AvgIpc) is 3.03. The first-order chi connectivity index (χ1) is 20.5. The molecule has 0 bridgehead atoms. The molecule has 2 aliphatic rings.